The Morgan fingerprint density at radius 1 is 1.22 bits per heavy atom. The van der Waals surface area contributed by atoms with Gasteiger partial charge < -0.3 is 10.1 Å². The lowest BCUT2D eigenvalue weighted by atomic mass is 10.1. The zero-order chi connectivity index (χ0) is 12.6. The summed E-state index contributed by atoms with van der Waals surface area (Å²) in [6.45, 7) is 4.83. The summed E-state index contributed by atoms with van der Waals surface area (Å²) < 4.78 is 5.61. The van der Waals surface area contributed by atoms with Crippen molar-refractivity contribution in [3.8, 4) is 5.88 Å². The molecule has 1 aromatic rings. The van der Waals surface area contributed by atoms with Gasteiger partial charge in [-0.25, -0.2) is 0 Å². The molecule has 5 heteroatoms. The number of aromatic nitrogens is 2. The minimum Gasteiger partial charge on any atom is -0.475 e. The molecular weight excluding hydrogens is 228 g/mol. The van der Waals surface area contributed by atoms with Crippen LogP contribution in [0.15, 0.2) is 12.1 Å². The molecule has 0 aliphatic carbocycles. The van der Waals surface area contributed by atoms with Gasteiger partial charge in [-0.15, -0.1) is 5.10 Å². The van der Waals surface area contributed by atoms with Crippen molar-refractivity contribution in [1.29, 1.82) is 0 Å². The third kappa shape index (κ3) is 4.23. The Kier molecular flexibility index (Phi) is 5.36. The molecule has 5 nitrogen and oxygen atoms in total. The van der Waals surface area contributed by atoms with E-state index in [-0.39, 0.29) is 0 Å². The first-order chi connectivity index (χ1) is 8.88. The lowest BCUT2D eigenvalue weighted by molar-refractivity contribution is 0.179. The number of piperidine rings is 1. The molecule has 0 saturated carbocycles. The molecule has 2 heterocycles. The van der Waals surface area contributed by atoms with Gasteiger partial charge in [0.15, 0.2) is 0 Å². The Labute approximate surface area is 109 Å². The minimum atomic E-state index is 0.617. The molecule has 18 heavy (non-hydrogen) atoms. The van der Waals surface area contributed by atoms with Gasteiger partial charge in [0.1, 0.15) is 6.61 Å². The van der Waals surface area contributed by atoms with Gasteiger partial charge in [-0.1, -0.05) is 6.42 Å². The van der Waals surface area contributed by atoms with E-state index in [0.717, 1.165) is 18.8 Å². The lowest BCUT2D eigenvalue weighted by Gasteiger charge is -2.25. The van der Waals surface area contributed by atoms with Crippen molar-refractivity contribution in [3.63, 3.8) is 0 Å². The van der Waals surface area contributed by atoms with Crippen LogP contribution >= 0.6 is 0 Å². The van der Waals surface area contributed by atoms with Crippen LogP contribution in [-0.4, -0.2) is 48.4 Å². The number of likely N-dealkylation sites (tertiary alicyclic amines) is 1. The SMILES string of the molecule is CNCc1ccc(OCCN2CCCCC2)nn1. The van der Waals surface area contributed by atoms with Crippen molar-refractivity contribution in [3.05, 3.63) is 17.8 Å². The number of nitrogens with one attached hydrogen (secondary N) is 1. The van der Waals surface area contributed by atoms with Gasteiger partial charge in [-0.05, 0) is 39.0 Å². The van der Waals surface area contributed by atoms with Crippen LogP contribution in [0.4, 0.5) is 0 Å². The first-order valence-corrected chi connectivity index (χ1v) is 6.71. The molecular formula is C13H22N4O. The average Bonchev–Trinajstić information content (AvgIpc) is 2.42. The Balaban J connectivity index is 1.69. The summed E-state index contributed by atoms with van der Waals surface area (Å²) in [6.07, 6.45) is 4.01. The third-order valence-corrected chi connectivity index (χ3v) is 3.16. The van der Waals surface area contributed by atoms with E-state index in [1.54, 1.807) is 0 Å². The largest absolute Gasteiger partial charge is 0.475 e. The monoisotopic (exact) mass is 250 g/mol. The van der Waals surface area contributed by atoms with E-state index in [9.17, 15) is 0 Å². The summed E-state index contributed by atoms with van der Waals surface area (Å²) in [4.78, 5) is 2.45. The van der Waals surface area contributed by atoms with Gasteiger partial charge in [0.05, 0.1) is 5.69 Å². The molecule has 1 aromatic heterocycles. The smallest absolute Gasteiger partial charge is 0.233 e. The summed E-state index contributed by atoms with van der Waals surface area (Å²) in [6, 6.07) is 3.83. The Morgan fingerprint density at radius 3 is 2.72 bits per heavy atom. The van der Waals surface area contributed by atoms with Crippen LogP contribution < -0.4 is 10.1 Å². The molecule has 1 aliphatic rings. The maximum Gasteiger partial charge on any atom is 0.233 e. The zero-order valence-electron chi connectivity index (χ0n) is 11.1. The summed E-state index contributed by atoms with van der Waals surface area (Å²) in [7, 11) is 1.89. The molecule has 0 bridgehead atoms. The molecule has 0 unspecified atom stereocenters. The summed E-state index contributed by atoms with van der Waals surface area (Å²) in [5.74, 6) is 0.617. The first-order valence-electron chi connectivity index (χ1n) is 6.71. The van der Waals surface area contributed by atoms with Crippen molar-refractivity contribution in [2.24, 2.45) is 0 Å². The third-order valence-electron chi connectivity index (χ3n) is 3.16. The molecule has 0 radical (unpaired) electrons. The Hall–Kier alpha value is -1.20. The number of hydrogen-bond acceptors (Lipinski definition) is 5. The highest BCUT2D eigenvalue weighted by atomic mass is 16.5. The van der Waals surface area contributed by atoms with E-state index in [1.165, 1.54) is 32.4 Å². The highest BCUT2D eigenvalue weighted by Gasteiger charge is 2.09. The lowest BCUT2D eigenvalue weighted by Crippen LogP contribution is -2.33. The maximum atomic E-state index is 5.61. The van der Waals surface area contributed by atoms with Crippen molar-refractivity contribution < 1.29 is 4.74 Å². The van der Waals surface area contributed by atoms with Crippen LogP contribution in [-0.2, 0) is 6.54 Å². The van der Waals surface area contributed by atoms with Crippen LogP contribution in [0.25, 0.3) is 0 Å². The molecule has 0 spiro atoms. The van der Waals surface area contributed by atoms with Gasteiger partial charge >= 0.3 is 0 Å². The molecule has 1 saturated heterocycles. The fourth-order valence-corrected chi connectivity index (χ4v) is 2.16. The number of ether oxygens (including phenoxy) is 1. The highest BCUT2D eigenvalue weighted by Crippen LogP contribution is 2.09. The van der Waals surface area contributed by atoms with Gasteiger partial charge in [-0.2, -0.15) is 5.10 Å². The standard InChI is InChI=1S/C13H22N4O/c1-14-11-12-5-6-13(16-15-12)18-10-9-17-7-3-2-4-8-17/h5-6,14H,2-4,7-11H2,1H3. The van der Waals surface area contributed by atoms with Crippen LogP contribution in [0.3, 0.4) is 0 Å². The molecule has 0 amide bonds. The summed E-state index contributed by atoms with van der Waals surface area (Å²) in [5.41, 5.74) is 0.931. The van der Waals surface area contributed by atoms with Crippen LogP contribution in [0.1, 0.15) is 25.0 Å². The van der Waals surface area contributed by atoms with Crippen LogP contribution in [0, 0.1) is 0 Å². The van der Waals surface area contributed by atoms with E-state index in [1.807, 2.05) is 19.2 Å². The second-order valence-electron chi connectivity index (χ2n) is 4.64. The van der Waals surface area contributed by atoms with Crippen molar-refractivity contribution in [2.45, 2.75) is 25.8 Å². The topological polar surface area (TPSA) is 50.3 Å². The van der Waals surface area contributed by atoms with Crippen LogP contribution in [0.5, 0.6) is 5.88 Å². The van der Waals surface area contributed by atoms with Gasteiger partial charge in [0.25, 0.3) is 0 Å². The summed E-state index contributed by atoms with van der Waals surface area (Å²) in [5, 5.41) is 11.2. The average molecular weight is 250 g/mol. The predicted octanol–water partition coefficient (Wildman–Crippen LogP) is 1.06. The van der Waals surface area contributed by atoms with Crippen molar-refractivity contribution >= 4 is 0 Å². The molecule has 2 rings (SSSR count). The van der Waals surface area contributed by atoms with Gasteiger partial charge in [0, 0.05) is 19.2 Å². The Morgan fingerprint density at radius 2 is 2.06 bits per heavy atom. The van der Waals surface area contributed by atoms with E-state index >= 15 is 0 Å². The second kappa shape index (κ2) is 7.28. The van der Waals surface area contributed by atoms with E-state index in [4.69, 9.17) is 4.74 Å². The second-order valence-corrected chi connectivity index (χ2v) is 4.64. The van der Waals surface area contributed by atoms with Crippen LogP contribution in [0.2, 0.25) is 0 Å². The normalized spacial score (nSPS) is 16.7. The molecule has 1 fully saturated rings. The van der Waals surface area contributed by atoms with E-state index in [2.05, 4.69) is 20.4 Å². The first kappa shape index (κ1) is 13.2. The Bertz CT molecular complexity index is 335. The fraction of sp³-hybridized carbons (Fsp3) is 0.692. The molecule has 100 valence electrons. The van der Waals surface area contributed by atoms with E-state index in [0.29, 0.717) is 12.5 Å². The van der Waals surface area contributed by atoms with E-state index < -0.39 is 0 Å². The van der Waals surface area contributed by atoms with Crippen molar-refractivity contribution in [2.75, 3.05) is 33.3 Å². The zero-order valence-corrected chi connectivity index (χ0v) is 11.1. The fourth-order valence-electron chi connectivity index (χ4n) is 2.16. The maximum absolute atomic E-state index is 5.61. The van der Waals surface area contributed by atoms with Crippen molar-refractivity contribution in [1.82, 2.24) is 20.4 Å². The number of nitrogens with zero attached hydrogens (tertiary/aromatic N) is 3. The number of rotatable bonds is 6. The molecule has 1 aliphatic heterocycles. The quantitative estimate of drug-likeness (QED) is 0.818. The molecule has 0 atom stereocenters. The minimum absolute atomic E-state index is 0.617. The molecule has 0 aromatic carbocycles. The molecule has 1 N–H and O–H groups in total. The number of hydrogen-bond donors (Lipinski definition) is 1. The predicted molar refractivity (Wildman–Crippen MR) is 70.6 cm³/mol. The van der Waals surface area contributed by atoms with Gasteiger partial charge in [0.2, 0.25) is 5.88 Å². The van der Waals surface area contributed by atoms with Gasteiger partial charge in [-0.3, -0.25) is 4.90 Å². The highest BCUT2D eigenvalue weighted by molar-refractivity contribution is 5.11. The summed E-state index contributed by atoms with van der Waals surface area (Å²) >= 11 is 0.